The van der Waals surface area contributed by atoms with Gasteiger partial charge < -0.3 is 10.1 Å². The van der Waals surface area contributed by atoms with Crippen LogP contribution in [0.1, 0.15) is 6.42 Å². The van der Waals surface area contributed by atoms with Gasteiger partial charge in [-0.15, -0.1) is 0 Å². The molecule has 1 fully saturated rings. The smallest absolute Gasteiger partial charge is 0.257 e. The summed E-state index contributed by atoms with van der Waals surface area (Å²) < 4.78 is 30.5. The highest BCUT2D eigenvalue weighted by molar-refractivity contribution is 5.33. The molecule has 6 heteroatoms. The first-order chi connectivity index (χ1) is 7.24. The van der Waals surface area contributed by atoms with Crippen LogP contribution in [0.15, 0.2) is 12.3 Å². The first-order valence-corrected chi connectivity index (χ1v) is 4.90. The number of anilines is 1. The van der Waals surface area contributed by atoms with Crippen molar-refractivity contribution in [1.29, 1.82) is 0 Å². The monoisotopic (exact) mass is 217 g/mol. The van der Waals surface area contributed by atoms with Crippen LogP contribution in [-0.2, 0) is 11.3 Å². The van der Waals surface area contributed by atoms with Gasteiger partial charge in [0.15, 0.2) is 0 Å². The normalized spacial score (nSPS) is 21.1. The molecule has 0 radical (unpaired) electrons. The second-order valence-corrected chi connectivity index (χ2v) is 3.52. The number of hydrogen-bond donors (Lipinski definition) is 1. The molecule has 0 saturated carbocycles. The fraction of sp³-hybridized carbons (Fsp3) is 0.667. The van der Waals surface area contributed by atoms with Gasteiger partial charge in [-0.05, 0) is 6.42 Å². The van der Waals surface area contributed by atoms with Gasteiger partial charge in [0.05, 0.1) is 12.6 Å². The Bertz CT molecular complexity index is 310. The molecule has 0 spiro atoms. The SMILES string of the molecule is FC(F)Cn1ccc(NC2CCOC2)n1. The number of aromatic nitrogens is 2. The maximum atomic E-state index is 12.0. The molecule has 2 heterocycles. The predicted octanol–water partition coefficient (Wildman–Crippen LogP) is 1.35. The van der Waals surface area contributed by atoms with Gasteiger partial charge in [0, 0.05) is 18.9 Å². The Morgan fingerprint density at radius 3 is 3.20 bits per heavy atom. The van der Waals surface area contributed by atoms with E-state index in [2.05, 4.69) is 10.4 Å². The molecule has 84 valence electrons. The van der Waals surface area contributed by atoms with Crippen molar-refractivity contribution in [3.8, 4) is 0 Å². The van der Waals surface area contributed by atoms with Gasteiger partial charge in [0.25, 0.3) is 6.43 Å². The highest BCUT2D eigenvalue weighted by Crippen LogP contribution is 2.11. The first kappa shape index (κ1) is 10.4. The minimum Gasteiger partial charge on any atom is -0.379 e. The highest BCUT2D eigenvalue weighted by Gasteiger charge is 2.16. The summed E-state index contributed by atoms with van der Waals surface area (Å²) in [7, 11) is 0. The van der Waals surface area contributed by atoms with E-state index in [-0.39, 0.29) is 12.6 Å². The minimum absolute atomic E-state index is 0.250. The molecule has 1 aliphatic heterocycles. The molecule has 0 aliphatic carbocycles. The van der Waals surface area contributed by atoms with Crippen LogP contribution in [0, 0.1) is 0 Å². The summed E-state index contributed by atoms with van der Waals surface area (Å²) in [5, 5.41) is 7.12. The van der Waals surface area contributed by atoms with E-state index in [9.17, 15) is 8.78 Å². The van der Waals surface area contributed by atoms with E-state index in [1.54, 1.807) is 12.3 Å². The third-order valence-electron chi connectivity index (χ3n) is 2.25. The van der Waals surface area contributed by atoms with Crippen molar-refractivity contribution in [2.45, 2.75) is 25.4 Å². The van der Waals surface area contributed by atoms with Gasteiger partial charge in [0.1, 0.15) is 12.4 Å². The van der Waals surface area contributed by atoms with E-state index >= 15 is 0 Å². The molecular formula is C9H13F2N3O. The second-order valence-electron chi connectivity index (χ2n) is 3.52. The van der Waals surface area contributed by atoms with Gasteiger partial charge in [0.2, 0.25) is 0 Å². The fourth-order valence-corrected chi connectivity index (χ4v) is 1.54. The standard InChI is InChI=1S/C9H13F2N3O/c10-8(11)5-14-3-1-9(13-14)12-7-2-4-15-6-7/h1,3,7-8H,2,4-6H2,(H,12,13). The molecule has 2 rings (SSSR count). The van der Waals surface area contributed by atoms with E-state index in [0.29, 0.717) is 12.4 Å². The predicted molar refractivity (Wildman–Crippen MR) is 51.1 cm³/mol. The van der Waals surface area contributed by atoms with Crippen LogP contribution in [-0.4, -0.2) is 35.5 Å². The van der Waals surface area contributed by atoms with Crippen molar-refractivity contribution in [1.82, 2.24) is 9.78 Å². The summed E-state index contributed by atoms with van der Waals surface area (Å²) in [6, 6.07) is 1.95. The van der Waals surface area contributed by atoms with Crippen LogP contribution in [0.5, 0.6) is 0 Å². The number of ether oxygens (including phenoxy) is 1. The quantitative estimate of drug-likeness (QED) is 0.827. The number of nitrogens with zero attached hydrogens (tertiary/aromatic N) is 2. The topological polar surface area (TPSA) is 39.1 Å². The van der Waals surface area contributed by atoms with Crippen molar-refractivity contribution in [2.24, 2.45) is 0 Å². The van der Waals surface area contributed by atoms with Gasteiger partial charge >= 0.3 is 0 Å². The molecule has 0 amide bonds. The molecule has 1 saturated heterocycles. The summed E-state index contributed by atoms with van der Waals surface area (Å²) in [6.07, 6.45) is 0.110. The zero-order valence-electron chi connectivity index (χ0n) is 8.20. The van der Waals surface area contributed by atoms with Crippen LogP contribution in [0.25, 0.3) is 0 Å². The zero-order valence-corrected chi connectivity index (χ0v) is 8.20. The van der Waals surface area contributed by atoms with Crippen molar-refractivity contribution in [3.05, 3.63) is 12.3 Å². The molecule has 0 aromatic carbocycles. The van der Waals surface area contributed by atoms with Crippen molar-refractivity contribution in [2.75, 3.05) is 18.5 Å². The first-order valence-electron chi connectivity index (χ1n) is 4.90. The molecule has 1 aromatic heterocycles. The summed E-state index contributed by atoms with van der Waals surface area (Å²) in [6.45, 7) is 1.04. The number of rotatable bonds is 4. The maximum Gasteiger partial charge on any atom is 0.257 e. The molecule has 4 nitrogen and oxygen atoms in total. The number of nitrogens with one attached hydrogen (secondary N) is 1. The van der Waals surface area contributed by atoms with Crippen LogP contribution >= 0.6 is 0 Å². The molecule has 1 aliphatic rings. The van der Waals surface area contributed by atoms with Crippen LogP contribution < -0.4 is 5.32 Å². The Hall–Kier alpha value is -1.17. The minimum atomic E-state index is -2.37. The van der Waals surface area contributed by atoms with Crippen molar-refractivity contribution >= 4 is 5.82 Å². The number of hydrogen-bond acceptors (Lipinski definition) is 3. The Balaban J connectivity index is 1.88. The third-order valence-corrected chi connectivity index (χ3v) is 2.25. The number of halogens is 2. The average molecular weight is 217 g/mol. The third kappa shape index (κ3) is 2.89. The Labute approximate surface area is 86.2 Å². The van der Waals surface area contributed by atoms with E-state index < -0.39 is 6.43 Å². The van der Waals surface area contributed by atoms with Crippen LogP contribution in [0.3, 0.4) is 0 Å². The lowest BCUT2D eigenvalue weighted by molar-refractivity contribution is 0.122. The lowest BCUT2D eigenvalue weighted by Gasteiger charge is -2.08. The molecule has 0 bridgehead atoms. The summed E-state index contributed by atoms with van der Waals surface area (Å²) >= 11 is 0. The summed E-state index contributed by atoms with van der Waals surface area (Å²) in [5.74, 6) is 0.631. The van der Waals surface area contributed by atoms with Crippen LogP contribution in [0.2, 0.25) is 0 Å². The lowest BCUT2D eigenvalue weighted by atomic mass is 10.3. The summed E-state index contributed by atoms with van der Waals surface area (Å²) in [4.78, 5) is 0. The Morgan fingerprint density at radius 2 is 2.53 bits per heavy atom. The largest absolute Gasteiger partial charge is 0.379 e. The highest BCUT2D eigenvalue weighted by atomic mass is 19.3. The number of alkyl halides is 2. The van der Waals surface area contributed by atoms with Gasteiger partial charge in [-0.25, -0.2) is 8.78 Å². The molecular weight excluding hydrogens is 204 g/mol. The van der Waals surface area contributed by atoms with Gasteiger partial charge in [-0.2, -0.15) is 5.10 Å². The van der Waals surface area contributed by atoms with Gasteiger partial charge in [-0.1, -0.05) is 0 Å². The molecule has 15 heavy (non-hydrogen) atoms. The van der Waals surface area contributed by atoms with E-state index in [4.69, 9.17) is 4.74 Å². The van der Waals surface area contributed by atoms with Crippen LogP contribution in [0.4, 0.5) is 14.6 Å². The fourth-order valence-electron chi connectivity index (χ4n) is 1.54. The maximum absolute atomic E-state index is 12.0. The second kappa shape index (κ2) is 4.57. The van der Waals surface area contributed by atoms with E-state index in [0.717, 1.165) is 13.0 Å². The molecule has 1 aromatic rings. The lowest BCUT2D eigenvalue weighted by Crippen LogP contribution is -2.19. The molecule has 1 unspecified atom stereocenters. The van der Waals surface area contributed by atoms with Crippen molar-refractivity contribution in [3.63, 3.8) is 0 Å². The summed E-state index contributed by atoms with van der Waals surface area (Å²) in [5.41, 5.74) is 0. The van der Waals surface area contributed by atoms with E-state index in [1.165, 1.54) is 4.68 Å². The van der Waals surface area contributed by atoms with Gasteiger partial charge in [-0.3, -0.25) is 4.68 Å². The zero-order chi connectivity index (χ0) is 10.7. The molecule has 1 atom stereocenters. The Kier molecular flexibility index (Phi) is 3.15. The van der Waals surface area contributed by atoms with Crippen molar-refractivity contribution < 1.29 is 13.5 Å². The Morgan fingerprint density at radius 1 is 1.67 bits per heavy atom. The van der Waals surface area contributed by atoms with E-state index in [1.807, 2.05) is 0 Å². The average Bonchev–Trinajstić information content (AvgIpc) is 2.77. The molecule has 1 N–H and O–H groups in total.